The Morgan fingerprint density at radius 3 is 2.67 bits per heavy atom. The maximum absolute atomic E-state index is 13.3. The fourth-order valence-electron chi connectivity index (χ4n) is 1.61. The molecule has 114 valence electrons. The molecule has 21 heavy (non-hydrogen) atoms. The third kappa shape index (κ3) is 5.20. The molecule has 0 aromatic heterocycles. The van der Waals surface area contributed by atoms with E-state index in [1.165, 1.54) is 18.2 Å². The summed E-state index contributed by atoms with van der Waals surface area (Å²) in [6.07, 6.45) is 0. The summed E-state index contributed by atoms with van der Waals surface area (Å²) in [7, 11) is 0. The van der Waals surface area contributed by atoms with Crippen LogP contribution in [0.4, 0.5) is 4.39 Å². The van der Waals surface area contributed by atoms with E-state index in [0.717, 1.165) is 0 Å². The van der Waals surface area contributed by atoms with E-state index in [1.807, 2.05) is 0 Å². The van der Waals surface area contributed by atoms with Gasteiger partial charge in [-0.2, -0.15) is 0 Å². The van der Waals surface area contributed by atoms with Crippen molar-refractivity contribution in [3.63, 3.8) is 0 Å². The molecule has 1 amide bonds. The molecule has 0 aliphatic carbocycles. The lowest BCUT2D eigenvalue weighted by Gasteiger charge is -2.27. The Morgan fingerprint density at radius 2 is 2.10 bits per heavy atom. The van der Waals surface area contributed by atoms with Crippen molar-refractivity contribution < 1.29 is 9.18 Å². The minimum absolute atomic E-state index is 0.109. The summed E-state index contributed by atoms with van der Waals surface area (Å²) >= 11 is 0. The fourth-order valence-corrected chi connectivity index (χ4v) is 1.61. The van der Waals surface area contributed by atoms with Crippen LogP contribution in [0.3, 0.4) is 0 Å². The van der Waals surface area contributed by atoms with Crippen LogP contribution < -0.4 is 11.1 Å². The molecule has 0 saturated carbocycles. The van der Waals surface area contributed by atoms with Crippen LogP contribution in [0.1, 0.15) is 43.6 Å². The van der Waals surface area contributed by atoms with E-state index in [0.29, 0.717) is 23.6 Å². The topological polar surface area (TPSA) is 55.1 Å². The van der Waals surface area contributed by atoms with Crippen molar-refractivity contribution in [2.45, 2.75) is 27.7 Å². The predicted molar refractivity (Wildman–Crippen MR) is 83.3 cm³/mol. The number of halogens is 1. The minimum atomic E-state index is -0.420. The van der Waals surface area contributed by atoms with Crippen LogP contribution in [0.25, 0.3) is 0 Å². The summed E-state index contributed by atoms with van der Waals surface area (Å²) < 4.78 is 13.3. The maximum Gasteiger partial charge on any atom is 0.252 e. The first-order valence-electron chi connectivity index (χ1n) is 7.02. The van der Waals surface area contributed by atoms with Crippen LogP contribution in [0.5, 0.6) is 0 Å². The summed E-state index contributed by atoms with van der Waals surface area (Å²) in [5.41, 5.74) is 6.16. The fraction of sp³-hybridized carbons (Fsp3) is 0.471. The number of rotatable bonds is 3. The number of amides is 1. The molecule has 1 aromatic rings. The molecular formula is C17H23FN2O. The Morgan fingerprint density at radius 1 is 1.43 bits per heavy atom. The summed E-state index contributed by atoms with van der Waals surface area (Å²) in [5.74, 6) is 5.04. The van der Waals surface area contributed by atoms with E-state index in [4.69, 9.17) is 5.73 Å². The van der Waals surface area contributed by atoms with Crippen LogP contribution in [0.2, 0.25) is 0 Å². The van der Waals surface area contributed by atoms with Gasteiger partial charge >= 0.3 is 0 Å². The summed E-state index contributed by atoms with van der Waals surface area (Å²) in [4.78, 5) is 12.2. The molecule has 3 nitrogen and oxygen atoms in total. The first kappa shape index (κ1) is 17.2. The van der Waals surface area contributed by atoms with Gasteiger partial charge in [-0.3, -0.25) is 4.79 Å². The molecule has 1 unspecified atom stereocenters. The molecule has 0 aliphatic rings. The highest BCUT2D eigenvalue weighted by Gasteiger charge is 2.21. The molecule has 0 bridgehead atoms. The average molecular weight is 290 g/mol. The molecule has 0 heterocycles. The van der Waals surface area contributed by atoms with Crippen molar-refractivity contribution in [1.82, 2.24) is 5.32 Å². The molecule has 1 rings (SSSR count). The normalized spacial score (nSPS) is 12.3. The van der Waals surface area contributed by atoms with Crippen molar-refractivity contribution in [1.29, 1.82) is 0 Å². The van der Waals surface area contributed by atoms with E-state index in [1.54, 1.807) is 0 Å². The van der Waals surface area contributed by atoms with Gasteiger partial charge in [-0.25, -0.2) is 4.39 Å². The standard InChI is InChI=1S/C17H23FN2O/c1-12(17(2,3)4)11-20-16(21)15-8-7-14(18)10-13(15)6-5-9-19/h7-8,10,12H,9,11,19H2,1-4H3,(H,20,21). The van der Waals surface area contributed by atoms with E-state index >= 15 is 0 Å². The zero-order chi connectivity index (χ0) is 16.0. The highest BCUT2D eigenvalue weighted by molar-refractivity contribution is 5.96. The second-order valence-corrected chi connectivity index (χ2v) is 6.17. The van der Waals surface area contributed by atoms with Crippen LogP contribution in [0, 0.1) is 29.0 Å². The molecule has 0 spiro atoms. The van der Waals surface area contributed by atoms with Crippen LogP contribution in [-0.4, -0.2) is 19.0 Å². The minimum Gasteiger partial charge on any atom is -0.352 e. The molecule has 4 heteroatoms. The van der Waals surface area contributed by atoms with Gasteiger partial charge in [-0.15, -0.1) is 0 Å². The van der Waals surface area contributed by atoms with Gasteiger partial charge in [0.15, 0.2) is 0 Å². The van der Waals surface area contributed by atoms with Crippen LogP contribution >= 0.6 is 0 Å². The van der Waals surface area contributed by atoms with E-state index < -0.39 is 5.82 Å². The number of nitrogens with two attached hydrogens (primary N) is 1. The smallest absolute Gasteiger partial charge is 0.252 e. The van der Waals surface area contributed by atoms with Crippen molar-refractivity contribution in [2.75, 3.05) is 13.1 Å². The molecule has 0 fully saturated rings. The van der Waals surface area contributed by atoms with Gasteiger partial charge in [0.1, 0.15) is 5.82 Å². The van der Waals surface area contributed by atoms with Gasteiger partial charge in [0.2, 0.25) is 0 Å². The van der Waals surface area contributed by atoms with Crippen LogP contribution in [0.15, 0.2) is 18.2 Å². The Labute approximate surface area is 126 Å². The van der Waals surface area contributed by atoms with Gasteiger partial charge in [-0.05, 0) is 29.5 Å². The molecule has 1 aromatic carbocycles. The first-order valence-corrected chi connectivity index (χ1v) is 7.02. The highest BCUT2D eigenvalue weighted by atomic mass is 19.1. The lowest BCUT2D eigenvalue weighted by molar-refractivity contribution is 0.0937. The van der Waals surface area contributed by atoms with Gasteiger partial charge < -0.3 is 11.1 Å². The van der Waals surface area contributed by atoms with Gasteiger partial charge in [-0.1, -0.05) is 39.5 Å². The number of carbonyl (C=O) groups is 1. The highest BCUT2D eigenvalue weighted by Crippen LogP contribution is 2.24. The van der Waals surface area contributed by atoms with E-state index in [9.17, 15) is 9.18 Å². The second kappa shape index (κ2) is 7.24. The first-order chi connectivity index (χ1) is 9.75. The maximum atomic E-state index is 13.3. The Hall–Kier alpha value is -1.86. The third-order valence-electron chi connectivity index (χ3n) is 3.60. The van der Waals surface area contributed by atoms with Crippen molar-refractivity contribution >= 4 is 5.91 Å². The average Bonchev–Trinajstić information content (AvgIpc) is 2.41. The van der Waals surface area contributed by atoms with E-state index in [-0.39, 0.29) is 17.9 Å². The SMILES string of the molecule is CC(CNC(=O)c1ccc(F)cc1C#CCN)C(C)(C)C. The number of carbonyl (C=O) groups excluding carboxylic acids is 1. The summed E-state index contributed by atoms with van der Waals surface area (Å²) in [6.45, 7) is 9.18. The Kier molecular flexibility index (Phi) is 5.92. The van der Waals surface area contributed by atoms with Crippen molar-refractivity contribution in [3.8, 4) is 11.8 Å². The Bertz CT molecular complexity index is 564. The third-order valence-corrected chi connectivity index (χ3v) is 3.60. The zero-order valence-electron chi connectivity index (χ0n) is 13.1. The lowest BCUT2D eigenvalue weighted by Crippen LogP contribution is -2.34. The van der Waals surface area contributed by atoms with Crippen molar-refractivity contribution in [2.24, 2.45) is 17.1 Å². The number of benzene rings is 1. The lowest BCUT2D eigenvalue weighted by atomic mass is 9.82. The van der Waals surface area contributed by atoms with Crippen LogP contribution in [-0.2, 0) is 0 Å². The molecule has 3 N–H and O–H groups in total. The number of hydrogen-bond acceptors (Lipinski definition) is 2. The summed E-state index contributed by atoms with van der Waals surface area (Å²) in [6, 6.07) is 3.97. The molecule has 0 aliphatic heterocycles. The zero-order valence-corrected chi connectivity index (χ0v) is 13.1. The molecule has 0 saturated heterocycles. The van der Waals surface area contributed by atoms with E-state index in [2.05, 4.69) is 44.9 Å². The number of nitrogens with one attached hydrogen (secondary N) is 1. The monoisotopic (exact) mass is 290 g/mol. The Balaban J connectivity index is 2.88. The molecule has 1 atom stereocenters. The second-order valence-electron chi connectivity index (χ2n) is 6.17. The van der Waals surface area contributed by atoms with Gasteiger partial charge in [0.25, 0.3) is 5.91 Å². The van der Waals surface area contributed by atoms with Gasteiger partial charge in [0.05, 0.1) is 12.1 Å². The van der Waals surface area contributed by atoms with Gasteiger partial charge in [0, 0.05) is 12.1 Å². The summed E-state index contributed by atoms with van der Waals surface area (Å²) in [5, 5.41) is 2.88. The number of hydrogen-bond donors (Lipinski definition) is 2. The van der Waals surface area contributed by atoms with Crippen molar-refractivity contribution in [3.05, 3.63) is 35.1 Å². The molecule has 0 radical (unpaired) electrons. The predicted octanol–water partition coefficient (Wildman–Crippen LogP) is 2.55. The molecular weight excluding hydrogens is 267 g/mol. The largest absolute Gasteiger partial charge is 0.352 e. The quantitative estimate of drug-likeness (QED) is 0.841.